The molecule has 19 heavy (non-hydrogen) atoms. The number of hydrogen-bond donors (Lipinski definition) is 1. The molecule has 4 nitrogen and oxygen atoms in total. The zero-order chi connectivity index (χ0) is 13.4. The zero-order valence-corrected chi connectivity index (χ0v) is 11.7. The van der Waals surface area contributed by atoms with E-state index in [1.807, 2.05) is 25.1 Å². The van der Waals surface area contributed by atoms with Crippen molar-refractivity contribution < 1.29 is 0 Å². The van der Waals surface area contributed by atoms with Gasteiger partial charge in [0.25, 0.3) is 0 Å². The van der Waals surface area contributed by atoms with Gasteiger partial charge in [-0.1, -0.05) is 13.0 Å². The summed E-state index contributed by atoms with van der Waals surface area (Å²) in [7, 11) is 0. The highest BCUT2D eigenvalue weighted by molar-refractivity contribution is 7.18. The Morgan fingerprint density at radius 3 is 2.79 bits per heavy atom. The van der Waals surface area contributed by atoms with Crippen molar-refractivity contribution >= 4 is 27.4 Å². The number of aromatic nitrogens is 3. The summed E-state index contributed by atoms with van der Waals surface area (Å²) in [5.41, 5.74) is 7.74. The van der Waals surface area contributed by atoms with Gasteiger partial charge in [0.1, 0.15) is 16.3 Å². The lowest BCUT2D eigenvalue weighted by molar-refractivity contribution is 1.14. The molecule has 5 heteroatoms. The molecule has 3 rings (SSSR count). The topological polar surface area (TPSA) is 64.7 Å². The molecule has 0 unspecified atom stereocenters. The summed E-state index contributed by atoms with van der Waals surface area (Å²) < 4.78 is 0. The van der Waals surface area contributed by atoms with Crippen LogP contribution in [0.4, 0.5) is 5.82 Å². The van der Waals surface area contributed by atoms with Gasteiger partial charge in [0, 0.05) is 10.6 Å². The minimum Gasteiger partial charge on any atom is -0.383 e. The van der Waals surface area contributed by atoms with Crippen molar-refractivity contribution in [2.45, 2.75) is 20.3 Å². The van der Waals surface area contributed by atoms with Crippen molar-refractivity contribution in [1.29, 1.82) is 0 Å². The quantitative estimate of drug-likeness (QED) is 0.776. The minimum absolute atomic E-state index is 0.527. The molecule has 0 bridgehead atoms. The highest BCUT2D eigenvalue weighted by Gasteiger charge is 2.11. The summed E-state index contributed by atoms with van der Waals surface area (Å²) in [6.07, 6.45) is 0.985. The largest absolute Gasteiger partial charge is 0.383 e. The van der Waals surface area contributed by atoms with Gasteiger partial charge >= 0.3 is 0 Å². The Bertz CT molecular complexity index is 748. The molecule has 0 fully saturated rings. The lowest BCUT2D eigenvalue weighted by atomic mass is 10.2. The average Bonchev–Trinajstić information content (AvgIpc) is 2.82. The van der Waals surface area contributed by atoms with E-state index >= 15 is 0 Å². The highest BCUT2D eigenvalue weighted by atomic mass is 32.1. The van der Waals surface area contributed by atoms with Crippen molar-refractivity contribution in [3.63, 3.8) is 0 Å². The van der Waals surface area contributed by atoms with Crippen LogP contribution in [-0.2, 0) is 6.42 Å². The van der Waals surface area contributed by atoms with E-state index in [-0.39, 0.29) is 0 Å². The third-order valence-corrected chi connectivity index (χ3v) is 4.11. The second kappa shape index (κ2) is 4.59. The Labute approximate surface area is 115 Å². The average molecular weight is 270 g/mol. The number of thiophene rings is 1. The lowest BCUT2D eigenvalue weighted by Crippen LogP contribution is -1.97. The Hall–Kier alpha value is -2.01. The van der Waals surface area contributed by atoms with E-state index in [0.29, 0.717) is 11.6 Å². The van der Waals surface area contributed by atoms with Gasteiger partial charge in [-0.3, -0.25) is 0 Å². The smallest absolute Gasteiger partial charge is 0.181 e. The van der Waals surface area contributed by atoms with Crippen molar-refractivity contribution in [1.82, 2.24) is 15.0 Å². The number of nitrogens with zero attached hydrogens (tertiary/aromatic N) is 3. The molecule has 3 aromatic rings. The first kappa shape index (κ1) is 12.0. The van der Waals surface area contributed by atoms with E-state index in [4.69, 9.17) is 5.73 Å². The van der Waals surface area contributed by atoms with Gasteiger partial charge in [0.05, 0.1) is 5.39 Å². The van der Waals surface area contributed by atoms with Crippen LogP contribution in [0.5, 0.6) is 0 Å². The van der Waals surface area contributed by atoms with E-state index in [1.54, 1.807) is 11.3 Å². The lowest BCUT2D eigenvalue weighted by Gasteiger charge is -2.02. The van der Waals surface area contributed by atoms with Gasteiger partial charge in [0.2, 0.25) is 0 Å². The first-order valence-electron chi connectivity index (χ1n) is 6.17. The van der Waals surface area contributed by atoms with Gasteiger partial charge in [-0.25, -0.2) is 15.0 Å². The second-order valence-electron chi connectivity index (χ2n) is 4.38. The molecule has 0 atom stereocenters. The van der Waals surface area contributed by atoms with Gasteiger partial charge in [-0.05, 0) is 31.5 Å². The van der Waals surface area contributed by atoms with Crippen LogP contribution in [0.3, 0.4) is 0 Å². The number of nitrogen functional groups attached to an aromatic ring is 1. The van der Waals surface area contributed by atoms with Gasteiger partial charge in [0.15, 0.2) is 5.82 Å². The normalized spacial score (nSPS) is 11.1. The van der Waals surface area contributed by atoms with Crippen molar-refractivity contribution in [2.24, 2.45) is 0 Å². The molecule has 3 aromatic heterocycles. The van der Waals surface area contributed by atoms with Gasteiger partial charge in [-0.2, -0.15) is 0 Å². The Balaban J connectivity index is 2.20. The molecule has 0 spiro atoms. The summed E-state index contributed by atoms with van der Waals surface area (Å²) >= 11 is 1.67. The Kier molecular flexibility index (Phi) is 2.91. The van der Waals surface area contributed by atoms with Crippen LogP contribution < -0.4 is 5.73 Å². The number of fused-ring (bicyclic) bond motifs is 1. The molecule has 0 saturated carbocycles. The van der Waals surface area contributed by atoms with Crippen molar-refractivity contribution in [3.8, 4) is 11.5 Å². The number of hydrogen-bond acceptors (Lipinski definition) is 5. The first-order chi connectivity index (χ1) is 9.17. The fourth-order valence-corrected chi connectivity index (χ4v) is 2.92. The number of rotatable bonds is 2. The predicted octanol–water partition coefficient (Wildman–Crippen LogP) is 3.21. The molecule has 0 aliphatic rings. The Morgan fingerprint density at radius 1 is 1.21 bits per heavy atom. The molecule has 0 radical (unpaired) electrons. The van der Waals surface area contributed by atoms with Crippen LogP contribution >= 0.6 is 11.3 Å². The minimum atomic E-state index is 0.527. The first-order valence-corrected chi connectivity index (χ1v) is 6.99. The molecule has 2 N–H and O–H groups in total. The summed E-state index contributed by atoms with van der Waals surface area (Å²) in [6.45, 7) is 4.07. The number of pyridine rings is 1. The molecular weight excluding hydrogens is 256 g/mol. The van der Waals surface area contributed by atoms with Crippen molar-refractivity contribution in [3.05, 3.63) is 34.8 Å². The van der Waals surface area contributed by atoms with Crippen molar-refractivity contribution in [2.75, 3.05) is 5.73 Å². The number of aryl methyl sites for hydroxylation is 2. The molecule has 0 aromatic carbocycles. The fourth-order valence-electron chi connectivity index (χ4n) is 1.95. The van der Waals surface area contributed by atoms with Crippen LogP contribution in [0, 0.1) is 6.92 Å². The number of anilines is 1. The summed E-state index contributed by atoms with van der Waals surface area (Å²) in [4.78, 5) is 15.6. The molecule has 0 aliphatic carbocycles. The third kappa shape index (κ3) is 2.17. The summed E-state index contributed by atoms with van der Waals surface area (Å²) in [6, 6.07) is 7.88. The Morgan fingerprint density at radius 2 is 2.05 bits per heavy atom. The fraction of sp³-hybridized carbons (Fsp3) is 0.214. The van der Waals surface area contributed by atoms with E-state index < -0.39 is 0 Å². The van der Waals surface area contributed by atoms with Crippen LogP contribution in [0.2, 0.25) is 0 Å². The van der Waals surface area contributed by atoms with E-state index in [2.05, 4.69) is 27.9 Å². The van der Waals surface area contributed by atoms with Crippen LogP contribution in [-0.4, -0.2) is 15.0 Å². The van der Waals surface area contributed by atoms with Crippen LogP contribution in [0.25, 0.3) is 21.7 Å². The van der Waals surface area contributed by atoms with E-state index in [1.165, 1.54) is 4.88 Å². The molecule has 0 saturated heterocycles. The van der Waals surface area contributed by atoms with Crippen LogP contribution in [0.15, 0.2) is 24.3 Å². The highest BCUT2D eigenvalue weighted by Crippen LogP contribution is 2.29. The number of nitrogens with two attached hydrogens (primary N) is 1. The standard InChI is InChI=1S/C14H14N4S/c1-3-9-7-10-12(15)17-13(18-14(10)19-9)11-6-4-5-8(2)16-11/h4-7H,3H2,1-2H3,(H2,15,17,18). The molecule has 0 amide bonds. The van der Waals surface area contributed by atoms with Gasteiger partial charge < -0.3 is 5.73 Å². The van der Waals surface area contributed by atoms with Gasteiger partial charge in [-0.15, -0.1) is 11.3 Å². The monoisotopic (exact) mass is 270 g/mol. The molecule has 3 heterocycles. The maximum atomic E-state index is 6.03. The maximum absolute atomic E-state index is 6.03. The van der Waals surface area contributed by atoms with E-state index in [9.17, 15) is 0 Å². The zero-order valence-electron chi connectivity index (χ0n) is 10.8. The second-order valence-corrected chi connectivity index (χ2v) is 5.50. The molecular formula is C14H14N4S. The molecule has 0 aliphatic heterocycles. The van der Waals surface area contributed by atoms with E-state index in [0.717, 1.165) is 28.0 Å². The maximum Gasteiger partial charge on any atom is 0.181 e. The third-order valence-electron chi connectivity index (χ3n) is 2.94. The summed E-state index contributed by atoms with van der Waals surface area (Å²) in [5, 5.41) is 0.943. The molecule has 96 valence electrons. The predicted molar refractivity (Wildman–Crippen MR) is 79.2 cm³/mol. The van der Waals surface area contributed by atoms with Crippen LogP contribution in [0.1, 0.15) is 17.5 Å². The summed E-state index contributed by atoms with van der Waals surface area (Å²) in [5.74, 6) is 1.12. The SMILES string of the molecule is CCc1cc2c(N)nc(-c3cccc(C)n3)nc2s1.